The van der Waals surface area contributed by atoms with Crippen LogP contribution in [0.3, 0.4) is 0 Å². The molecule has 0 bridgehead atoms. The molecule has 2 fully saturated rings. The molecule has 1 saturated carbocycles. The van der Waals surface area contributed by atoms with E-state index in [2.05, 4.69) is 32.7 Å². The van der Waals surface area contributed by atoms with Crippen LogP contribution in [0.1, 0.15) is 38.5 Å². The van der Waals surface area contributed by atoms with Crippen LogP contribution in [0.2, 0.25) is 0 Å². The van der Waals surface area contributed by atoms with Crippen LogP contribution in [0, 0.1) is 5.41 Å². The van der Waals surface area contributed by atoms with E-state index in [1.165, 1.54) is 0 Å². The maximum atomic E-state index is 12.8. The van der Waals surface area contributed by atoms with Gasteiger partial charge in [-0.1, -0.05) is 25.0 Å². The number of guanidine groups is 1. The van der Waals surface area contributed by atoms with Gasteiger partial charge in [-0.15, -0.1) is 24.0 Å². The van der Waals surface area contributed by atoms with Crippen LogP contribution in [0.5, 0.6) is 5.75 Å². The molecule has 0 aromatic heterocycles. The molecule has 1 aromatic carbocycles. The number of halogens is 1. The van der Waals surface area contributed by atoms with Crippen LogP contribution in [0.15, 0.2) is 29.3 Å². The van der Waals surface area contributed by atoms with Crippen LogP contribution < -0.4 is 20.3 Å². The first kappa shape index (κ1) is 25.5. The first-order valence-corrected chi connectivity index (χ1v) is 11.1. The van der Waals surface area contributed by atoms with Gasteiger partial charge < -0.3 is 25.2 Å². The largest absolute Gasteiger partial charge is 0.495 e. The third kappa shape index (κ3) is 6.17. The third-order valence-corrected chi connectivity index (χ3v) is 6.43. The van der Waals surface area contributed by atoms with Crippen molar-refractivity contribution in [2.24, 2.45) is 10.4 Å². The second kappa shape index (κ2) is 11.8. The number of hydrogen-bond donors (Lipinski definition) is 2. The molecule has 2 N–H and O–H groups in total. The van der Waals surface area contributed by atoms with Gasteiger partial charge in [0.1, 0.15) is 5.75 Å². The number of carbonyl (C=O) groups is 1. The maximum Gasteiger partial charge on any atom is 0.230 e. The predicted octanol–water partition coefficient (Wildman–Crippen LogP) is 3.10. The molecule has 31 heavy (non-hydrogen) atoms. The predicted molar refractivity (Wildman–Crippen MR) is 138 cm³/mol. The molecule has 1 heterocycles. The number of methoxy groups -OCH3 is 1. The summed E-state index contributed by atoms with van der Waals surface area (Å²) in [6.07, 6.45) is 6.31. The van der Waals surface area contributed by atoms with E-state index in [-0.39, 0.29) is 35.3 Å². The molecule has 0 spiro atoms. The number of hydrogen-bond acceptors (Lipinski definition) is 4. The third-order valence-electron chi connectivity index (χ3n) is 6.43. The number of benzene rings is 1. The van der Waals surface area contributed by atoms with Gasteiger partial charge in [0.25, 0.3) is 0 Å². The van der Waals surface area contributed by atoms with Gasteiger partial charge in [-0.3, -0.25) is 9.79 Å². The fourth-order valence-corrected chi connectivity index (χ4v) is 4.84. The first-order valence-electron chi connectivity index (χ1n) is 11.1. The monoisotopic (exact) mass is 543 g/mol. The number of nitrogens with zero attached hydrogens (tertiary/aromatic N) is 3. The summed E-state index contributed by atoms with van der Waals surface area (Å²) >= 11 is 0. The Kier molecular flexibility index (Phi) is 9.71. The molecule has 2 aliphatic rings. The summed E-state index contributed by atoms with van der Waals surface area (Å²) in [4.78, 5) is 21.4. The summed E-state index contributed by atoms with van der Waals surface area (Å²) < 4.78 is 5.55. The topological polar surface area (TPSA) is 69.2 Å². The molecular formula is C23H38IN5O2. The Labute approximate surface area is 204 Å². The van der Waals surface area contributed by atoms with Crippen molar-refractivity contribution in [2.75, 3.05) is 52.8 Å². The van der Waals surface area contributed by atoms with Crippen LogP contribution in [0.25, 0.3) is 0 Å². The minimum Gasteiger partial charge on any atom is -0.495 e. The van der Waals surface area contributed by atoms with Crippen molar-refractivity contribution in [1.29, 1.82) is 0 Å². The van der Waals surface area contributed by atoms with Gasteiger partial charge in [0.2, 0.25) is 5.91 Å². The van der Waals surface area contributed by atoms with Crippen molar-refractivity contribution < 1.29 is 9.53 Å². The van der Waals surface area contributed by atoms with Crippen LogP contribution >= 0.6 is 24.0 Å². The van der Waals surface area contributed by atoms with Crippen molar-refractivity contribution in [3.63, 3.8) is 0 Å². The van der Waals surface area contributed by atoms with Crippen LogP contribution in [-0.4, -0.2) is 70.7 Å². The van der Waals surface area contributed by atoms with Gasteiger partial charge >= 0.3 is 0 Å². The highest BCUT2D eigenvalue weighted by Gasteiger charge is 2.42. The lowest BCUT2D eigenvalue weighted by Gasteiger charge is -2.36. The number of carbonyl (C=O) groups excluding carboxylic acids is 1. The average Bonchev–Trinajstić information content (AvgIpc) is 3.26. The van der Waals surface area contributed by atoms with E-state index in [1.54, 1.807) is 19.1 Å². The van der Waals surface area contributed by atoms with Crippen molar-refractivity contribution in [2.45, 2.75) is 44.6 Å². The lowest BCUT2D eigenvalue weighted by Crippen LogP contribution is -2.54. The summed E-state index contributed by atoms with van der Waals surface area (Å²) in [5.74, 6) is 1.91. The molecule has 0 radical (unpaired) electrons. The number of aliphatic imine (C=N–C) groups is 1. The number of anilines is 1. The minimum absolute atomic E-state index is 0. The number of ether oxygens (including phenoxy) is 1. The van der Waals surface area contributed by atoms with E-state index < -0.39 is 0 Å². The van der Waals surface area contributed by atoms with Gasteiger partial charge in [-0.25, -0.2) is 0 Å². The molecular weight excluding hydrogens is 505 g/mol. The Morgan fingerprint density at radius 1 is 1.26 bits per heavy atom. The highest BCUT2D eigenvalue weighted by Crippen LogP contribution is 2.39. The lowest BCUT2D eigenvalue weighted by molar-refractivity contribution is -0.138. The number of piperidine rings is 1. The van der Waals surface area contributed by atoms with Crippen molar-refractivity contribution >= 4 is 41.5 Å². The highest BCUT2D eigenvalue weighted by molar-refractivity contribution is 14.0. The molecule has 1 saturated heterocycles. The Hall–Kier alpha value is -1.71. The van der Waals surface area contributed by atoms with Crippen LogP contribution in [0.4, 0.5) is 5.69 Å². The van der Waals surface area contributed by atoms with Crippen molar-refractivity contribution in [3.8, 4) is 5.75 Å². The zero-order valence-corrected chi connectivity index (χ0v) is 21.6. The molecule has 1 aromatic rings. The normalized spacial score (nSPS) is 20.6. The molecule has 1 atom stereocenters. The summed E-state index contributed by atoms with van der Waals surface area (Å²) in [6.45, 7) is 2.54. The van der Waals surface area contributed by atoms with Gasteiger partial charge in [-0.05, 0) is 37.8 Å². The Morgan fingerprint density at radius 3 is 2.61 bits per heavy atom. The van der Waals surface area contributed by atoms with E-state index in [0.717, 1.165) is 69.0 Å². The van der Waals surface area contributed by atoms with Gasteiger partial charge in [0.05, 0.1) is 18.2 Å². The molecule has 1 aliphatic heterocycles. The standard InChI is InChI=1S/C23H37N5O2.HI/c1-24-22(25-17-23(13-7-8-14-23)21(29)27(2)3)26-18-10-9-15-28(16-18)19-11-5-6-12-20(19)30-4;/h5-6,11-12,18H,7-10,13-17H2,1-4H3,(H2,24,25,26);1H. The Bertz CT molecular complexity index is 749. The molecule has 174 valence electrons. The van der Waals surface area contributed by atoms with Crippen molar-refractivity contribution in [1.82, 2.24) is 15.5 Å². The number of amides is 1. The summed E-state index contributed by atoms with van der Waals surface area (Å²) in [6, 6.07) is 8.47. The van der Waals surface area contributed by atoms with Crippen LogP contribution in [-0.2, 0) is 4.79 Å². The zero-order chi connectivity index (χ0) is 21.6. The summed E-state index contributed by atoms with van der Waals surface area (Å²) in [5.41, 5.74) is 0.827. The first-order chi connectivity index (χ1) is 14.5. The lowest BCUT2D eigenvalue weighted by atomic mass is 9.84. The quantitative estimate of drug-likeness (QED) is 0.328. The van der Waals surface area contributed by atoms with Gasteiger partial charge in [-0.2, -0.15) is 0 Å². The molecule has 8 heteroatoms. The number of nitrogens with one attached hydrogen (secondary N) is 2. The van der Waals surface area contributed by atoms with Gasteiger partial charge in [0, 0.05) is 46.8 Å². The molecule has 7 nitrogen and oxygen atoms in total. The van der Waals surface area contributed by atoms with E-state index in [0.29, 0.717) is 12.6 Å². The zero-order valence-electron chi connectivity index (χ0n) is 19.3. The maximum absolute atomic E-state index is 12.8. The number of rotatable bonds is 6. The Morgan fingerprint density at radius 2 is 1.97 bits per heavy atom. The molecule has 1 unspecified atom stereocenters. The van der Waals surface area contributed by atoms with E-state index in [9.17, 15) is 4.79 Å². The van der Waals surface area contributed by atoms with E-state index >= 15 is 0 Å². The van der Waals surface area contributed by atoms with E-state index in [4.69, 9.17) is 4.74 Å². The number of para-hydroxylation sites is 2. The highest BCUT2D eigenvalue weighted by atomic mass is 127. The minimum atomic E-state index is -0.308. The second-order valence-corrected chi connectivity index (χ2v) is 8.71. The second-order valence-electron chi connectivity index (χ2n) is 8.71. The molecule has 1 aliphatic carbocycles. The Balaban J connectivity index is 0.00000341. The van der Waals surface area contributed by atoms with Gasteiger partial charge in [0.15, 0.2) is 5.96 Å². The fraction of sp³-hybridized carbons (Fsp3) is 0.652. The smallest absolute Gasteiger partial charge is 0.230 e. The average molecular weight is 543 g/mol. The van der Waals surface area contributed by atoms with Crippen molar-refractivity contribution in [3.05, 3.63) is 24.3 Å². The fourth-order valence-electron chi connectivity index (χ4n) is 4.84. The molecule has 1 amide bonds. The molecule has 3 rings (SSSR count). The summed E-state index contributed by atoms with van der Waals surface area (Å²) in [7, 11) is 7.22. The van der Waals surface area contributed by atoms with E-state index in [1.807, 2.05) is 26.2 Å². The SMILES string of the molecule is CN=C(NCC1(C(=O)N(C)C)CCCC1)NC1CCCN(c2ccccc2OC)C1.I. The summed E-state index contributed by atoms with van der Waals surface area (Å²) in [5, 5.41) is 7.04.